The second-order valence-electron chi connectivity index (χ2n) is 8.48. The molecule has 4 rings (SSSR count). The van der Waals surface area contributed by atoms with Gasteiger partial charge in [0.25, 0.3) is 0 Å². The number of benzene rings is 2. The number of carbonyl (C=O) groups is 2. The van der Waals surface area contributed by atoms with E-state index in [0.29, 0.717) is 17.1 Å². The first-order valence-corrected chi connectivity index (χ1v) is 12.5. The number of hydrogen-bond acceptors (Lipinski definition) is 4. The van der Waals surface area contributed by atoms with Crippen molar-refractivity contribution in [2.75, 3.05) is 16.8 Å². The van der Waals surface area contributed by atoms with Crippen LogP contribution in [0, 0.1) is 12.8 Å². The van der Waals surface area contributed by atoms with Crippen LogP contribution in [0.1, 0.15) is 37.3 Å². The fourth-order valence-corrected chi connectivity index (χ4v) is 5.22. The van der Waals surface area contributed by atoms with Crippen LogP contribution in [0.4, 0.5) is 11.4 Å². The van der Waals surface area contributed by atoms with E-state index in [-0.39, 0.29) is 41.6 Å². The number of halogens is 1. The van der Waals surface area contributed by atoms with E-state index in [2.05, 4.69) is 10.0 Å². The molecule has 2 aromatic carbocycles. The van der Waals surface area contributed by atoms with Crippen molar-refractivity contribution in [3.63, 3.8) is 0 Å². The van der Waals surface area contributed by atoms with Crippen molar-refractivity contribution in [2.45, 2.75) is 50.5 Å². The molecule has 0 unspecified atom stereocenters. The molecule has 1 saturated carbocycles. The lowest BCUT2D eigenvalue weighted by Gasteiger charge is -2.22. The molecule has 1 aliphatic carbocycles. The van der Waals surface area contributed by atoms with E-state index in [1.54, 1.807) is 35.2 Å². The molecule has 0 aromatic heterocycles. The Kier molecular flexibility index (Phi) is 6.29. The number of anilines is 2. The molecule has 9 heteroatoms. The zero-order valence-electron chi connectivity index (χ0n) is 18.0. The number of aryl methyl sites for hydroxylation is 1. The summed E-state index contributed by atoms with van der Waals surface area (Å²) in [4.78, 5) is 26.7. The van der Waals surface area contributed by atoms with Crippen LogP contribution in [-0.2, 0) is 26.0 Å². The minimum atomic E-state index is -3.78. The molecule has 1 aliphatic heterocycles. The number of carbonyl (C=O) groups excluding carboxylic acids is 2. The van der Waals surface area contributed by atoms with Gasteiger partial charge in [-0.15, -0.1) is 0 Å². The Labute approximate surface area is 193 Å². The Morgan fingerprint density at radius 1 is 1.16 bits per heavy atom. The van der Waals surface area contributed by atoms with E-state index in [4.69, 9.17) is 11.6 Å². The summed E-state index contributed by atoms with van der Waals surface area (Å²) < 4.78 is 28.0. The molecule has 1 heterocycles. The van der Waals surface area contributed by atoms with E-state index in [0.717, 1.165) is 29.7 Å². The van der Waals surface area contributed by atoms with Crippen molar-refractivity contribution in [2.24, 2.45) is 5.92 Å². The first-order chi connectivity index (χ1) is 15.2. The molecule has 0 bridgehead atoms. The highest BCUT2D eigenvalue weighted by atomic mass is 35.5. The van der Waals surface area contributed by atoms with Crippen molar-refractivity contribution in [3.8, 4) is 0 Å². The quantitative estimate of drug-likeness (QED) is 0.639. The summed E-state index contributed by atoms with van der Waals surface area (Å²) in [6.45, 7) is 3.79. The maximum atomic E-state index is 12.7. The fourth-order valence-electron chi connectivity index (χ4n) is 3.96. The molecule has 0 saturated heterocycles. The molecule has 32 heavy (non-hydrogen) atoms. The lowest BCUT2D eigenvalue weighted by Crippen LogP contribution is -2.36. The molecule has 2 amide bonds. The molecular formula is C23H26ClN3O4S. The Morgan fingerprint density at radius 3 is 2.62 bits per heavy atom. The molecule has 0 radical (unpaired) electrons. The second kappa shape index (κ2) is 8.84. The zero-order chi connectivity index (χ0) is 23.0. The molecule has 0 spiro atoms. The van der Waals surface area contributed by atoms with Gasteiger partial charge < -0.3 is 10.2 Å². The van der Waals surface area contributed by atoms with Gasteiger partial charge in [-0.1, -0.05) is 17.7 Å². The third-order valence-electron chi connectivity index (χ3n) is 5.86. The van der Waals surface area contributed by atoms with Crippen LogP contribution in [0.5, 0.6) is 0 Å². The third-order valence-corrected chi connectivity index (χ3v) is 7.55. The van der Waals surface area contributed by atoms with E-state index in [1.807, 2.05) is 13.8 Å². The van der Waals surface area contributed by atoms with Crippen molar-refractivity contribution in [3.05, 3.63) is 52.5 Å². The van der Waals surface area contributed by atoms with Gasteiger partial charge in [0.1, 0.15) is 0 Å². The van der Waals surface area contributed by atoms with Crippen LogP contribution in [0.2, 0.25) is 5.02 Å². The van der Waals surface area contributed by atoms with Gasteiger partial charge in [-0.2, -0.15) is 0 Å². The molecule has 1 atom stereocenters. The van der Waals surface area contributed by atoms with Gasteiger partial charge >= 0.3 is 0 Å². The smallest absolute Gasteiger partial charge is 0.240 e. The molecule has 2 aromatic rings. The van der Waals surface area contributed by atoms with Gasteiger partial charge in [-0.3, -0.25) is 9.59 Å². The Balaban J connectivity index is 1.38. The molecular weight excluding hydrogens is 450 g/mol. The number of fused-ring (bicyclic) bond motifs is 1. The maximum absolute atomic E-state index is 12.7. The van der Waals surface area contributed by atoms with Gasteiger partial charge in [0.2, 0.25) is 21.8 Å². The number of hydrogen-bond donors (Lipinski definition) is 2. The number of amides is 2. The number of rotatable bonds is 7. The minimum Gasteiger partial charge on any atom is -0.326 e. The molecule has 2 N–H and O–H groups in total. The summed E-state index contributed by atoms with van der Waals surface area (Å²) in [5.41, 5.74) is 3.11. The van der Waals surface area contributed by atoms with Crippen LogP contribution in [0.3, 0.4) is 0 Å². The highest BCUT2D eigenvalue weighted by molar-refractivity contribution is 7.89. The van der Waals surface area contributed by atoms with Gasteiger partial charge in [-0.05, 0) is 74.6 Å². The minimum absolute atomic E-state index is 0.0163. The van der Waals surface area contributed by atoms with Crippen LogP contribution >= 0.6 is 11.6 Å². The van der Waals surface area contributed by atoms with Crippen LogP contribution in [-0.4, -0.2) is 32.8 Å². The average Bonchev–Trinajstić information content (AvgIpc) is 3.52. The molecule has 7 nitrogen and oxygen atoms in total. The SMILES string of the molecule is Cc1ccc(Cl)cc1NC(=O)CCNS(=O)(=O)c1ccc2c(c1)C[C@H](C)N2C(=O)C1CC1. The normalized spacial score (nSPS) is 17.8. The van der Waals surface area contributed by atoms with Crippen LogP contribution in [0.15, 0.2) is 41.3 Å². The predicted octanol–water partition coefficient (Wildman–Crippen LogP) is 3.64. The van der Waals surface area contributed by atoms with Crippen LogP contribution < -0.4 is 14.9 Å². The first kappa shape index (κ1) is 22.8. The van der Waals surface area contributed by atoms with Gasteiger partial charge in [-0.25, -0.2) is 13.1 Å². The van der Waals surface area contributed by atoms with Crippen LogP contribution in [0.25, 0.3) is 0 Å². The summed E-state index contributed by atoms with van der Waals surface area (Å²) in [5.74, 6) is -0.0728. The molecule has 1 fully saturated rings. The Bertz CT molecular complexity index is 1180. The van der Waals surface area contributed by atoms with Crippen molar-refractivity contribution in [1.29, 1.82) is 0 Å². The summed E-state index contributed by atoms with van der Waals surface area (Å²) in [5, 5.41) is 3.26. The summed E-state index contributed by atoms with van der Waals surface area (Å²) in [7, 11) is -3.78. The average molecular weight is 476 g/mol. The van der Waals surface area contributed by atoms with Gasteiger partial charge in [0, 0.05) is 41.3 Å². The lowest BCUT2D eigenvalue weighted by molar-refractivity contribution is -0.120. The number of nitrogens with one attached hydrogen (secondary N) is 2. The standard InChI is InChI=1S/C23H26ClN3O4S/c1-14-3-6-18(24)13-20(14)26-22(28)9-10-25-32(30,31)19-7-8-21-17(12-19)11-15(2)27(21)23(29)16-4-5-16/h3,6-8,12-13,15-16,25H,4-5,9-11H2,1-2H3,(H,26,28)/t15-/m0/s1. The third kappa shape index (κ3) is 4.82. The van der Waals surface area contributed by atoms with Gasteiger partial charge in [0.05, 0.1) is 4.90 Å². The zero-order valence-corrected chi connectivity index (χ0v) is 19.6. The Hall–Kier alpha value is -2.42. The Morgan fingerprint density at radius 2 is 1.91 bits per heavy atom. The fraction of sp³-hybridized carbons (Fsp3) is 0.391. The highest BCUT2D eigenvalue weighted by Gasteiger charge is 2.39. The first-order valence-electron chi connectivity index (χ1n) is 10.7. The predicted molar refractivity (Wildman–Crippen MR) is 124 cm³/mol. The summed E-state index contributed by atoms with van der Waals surface area (Å²) in [6.07, 6.45) is 2.46. The summed E-state index contributed by atoms with van der Waals surface area (Å²) in [6, 6.07) is 10.1. The maximum Gasteiger partial charge on any atom is 0.240 e. The summed E-state index contributed by atoms with van der Waals surface area (Å²) >= 11 is 5.96. The monoisotopic (exact) mass is 475 g/mol. The molecule has 2 aliphatic rings. The topological polar surface area (TPSA) is 95.6 Å². The van der Waals surface area contributed by atoms with Crippen molar-refractivity contribution < 1.29 is 18.0 Å². The molecule has 170 valence electrons. The largest absolute Gasteiger partial charge is 0.326 e. The van der Waals surface area contributed by atoms with E-state index in [1.165, 1.54) is 6.07 Å². The van der Waals surface area contributed by atoms with Gasteiger partial charge in [0.15, 0.2) is 0 Å². The van der Waals surface area contributed by atoms with Crippen molar-refractivity contribution >= 4 is 44.8 Å². The highest BCUT2D eigenvalue weighted by Crippen LogP contribution is 2.39. The van der Waals surface area contributed by atoms with E-state index < -0.39 is 10.0 Å². The lowest BCUT2D eigenvalue weighted by atomic mass is 10.1. The van der Waals surface area contributed by atoms with E-state index in [9.17, 15) is 18.0 Å². The number of sulfonamides is 1. The van der Waals surface area contributed by atoms with Crippen molar-refractivity contribution in [1.82, 2.24) is 4.72 Å². The van der Waals surface area contributed by atoms with E-state index >= 15 is 0 Å². The number of nitrogens with zero attached hydrogens (tertiary/aromatic N) is 1. The second-order valence-corrected chi connectivity index (χ2v) is 10.7.